The maximum Gasteiger partial charge on any atom is 0.232 e. The van der Waals surface area contributed by atoms with Gasteiger partial charge < -0.3 is 10.1 Å². The van der Waals surface area contributed by atoms with E-state index in [1.807, 2.05) is 6.92 Å². The molecule has 1 fully saturated rings. The average Bonchev–Trinajstić information content (AvgIpc) is 2.57. The lowest BCUT2D eigenvalue weighted by molar-refractivity contribution is 0.0530. The maximum absolute atomic E-state index is 12.9. The van der Waals surface area contributed by atoms with Crippen molar-refractivity contribution in [2.75, 3.05) is 0 Å². The monoisotopic (exact) mass is 328 g/mol. The van der Waals surface area contributed by atoms with Gasteiger partial charge in [-0.15, -0.1) is 0 Å². The van der Waals surface area contributed by atoms with Crippen molar-refractivity contribution in [2.45, 2.75) is 39.3 Å². The van der Waals surface area contributed by atoms with Crippen LogP contribution in [0.3, 0.4) is 0 Å². The van der Waals surface area contributed by atoms with Crippen LogP contribution in [0.5, 0.6) is 5.88 Å². The summed E-state index contributed by atoms with van der Waals surface area (Å²) in [7, 11) is 0. The second-order valence-electron chi connectivity index (χ2n) is 6.21. The van der Waals surface area contributed by atoms with Crippen LogP contribution in [0.4, 0.5) is 4.39 Å². The van der Waals surface area contributed by atoms with Crippen LogP contribution in [0.1, 0.15) is 36.7 Å². The molecule has 2 unspecified atom stereocenters. The van der Waals surface area contributed by atoms with Gasteiger partial charge in [0, 0.05) is 6.54 Å². The van der Waals surface area contributed by atoms with Gasteiger partial charge in [-0.1, -0.05) is 19.1 Å². The number of nitrogens with zero attached hydrogens (tertiary/aromatic N) is 2. The second kappa shape index (κ2) is 6.95. The Morgan fingerprint density at radius 2 is 2.08 bits per heavy atom. The Balaban J connectivity index is 1.61. The third kappa shape index (κ3) is 3.69. The van der Waals surface area contributed by atoms with Gasteiger partial charge in [0.05, 0.1) is 11.9 Å². The van der Waals surface area contributed by atoms with Gasteiger partial charge in [-0.3, -0.25) is 5.41 Å². The molecule has 1 aromatic carbocycles. The van der Waals surface area contributed by atoms with Gasteiger partial charge in [-0.05, 0) is 43.4 Å². The molecule has 0 bridgehead atoms. The van der Waals surface area contributed by atoms with Crippen LogP contribution < -0.4 is 10.1 Å². The number of nitrogens with one attached hydrogen (secondary N) is 2. The highest BCUT2D eigenvalue weighted by atomic mass is 19.1. The summed E-state index contributed by atoms with van der Waals surface area (Å²) < 4.78 is 18.7. The molecule has 5 nitrogen and oxygen atoms in total. The van der Waals surface area contributed by atoms with Gasteiger partial charge in [0.15, 0.2) is 0 Å². The largest absolute Gasteiger partial charge is 0.473 e. The first-order chi connectivity index (χ1) is 11.5. The number of benzene rings is 1. The first-order valence-corrected chi connectivity index (χ1v) is 8.10. The minimum Gasteiger partial charge on any atom is -0.473 e. The van der Waals surface area contributed by atoms with E-state index in [0.717, 1.165) is 12.0 Å². The molecule has 2 atom stereocenters. The van der Waals surface area contributed by atoms with Crippen molar-refractivity contribution in [3.05, 3.63) is 53.2 Å². The Hall–Kier alpha value is -2.50. The van der Waals surface area contributed by atoms with E-state index in [0.29, 0.717) is 29.7 Å². The Morgan fingerprint density at radius 1 is 1.33 bits per heavy atom. The van der Waals surface area contributed by atoms with Crippen molar-refractivity contribution in [3.63, 3.8) is 0 Å². The molecule has 0 radical (unpaired) electrons. The second-order valence-corrected chi connectivity index (χ2v) is 6.21. The highest BCUT2D eigenvalue weighted by molar-refractivity contribution is 5.95. The summed E-state index contributed by atoms with van der Waals surface area (Å²) in [5.74, 6) is 0.987. The van der Waals surface area contributed by atoms with E-state index in [2.05, 4.69) is 22.2 Å². The Bertz CT molecular complexity index is 732. The summed E-state index contributed by atoms with van der Waals surface area (Å²) >= 11 is 0. The molecule has 126 valence electrons. The van der Waals surface area contributed by atoms with Crippen LogP contribution in [0, 0.1) is 24.1 Å². The number of aromatic nitrogens is 2. The Kier molecular flexibility index (Phi) is 4.74. The third-order valence-electron chi connectivity index (χ3n) is 4.36. The van der Waals surface area contributed by atoms with Crippen molar-refractivity contribution in [3.8, 4) is 5.88 Å². The first-order valence-electron chi connectivity index (χ1n) is 8.10. The summed E-state index contributed by atoms with van der Waals surface area (Å²) in [6.07, 6.45) is 4.04. The van der Waals surface area contributed by atoms with E-state index in [9.17, 15) is 4.39 Å². The third-order valence-corrected chi connectivity index (χ3v) is 4.36. The quantitative estimate of drug-likeness (QED) is 0.653. The molecular formula is C18H21FN4O. The fourth-order valence-corrected chi connectivity index (χ4v) is 2.61. The predicted molar refractivity (Wildman–Crippen MR) is 89.7 cm³/mol. The van der Waals surface area contributed by atoms with Crippen molar-refractivity contribution < 1.29 is 9.13 Å². The van der Waals surface area contributed by atoms with Crippen LogP contribution >= 0.6 is 0 Å². The zero-order chi connectivity index (χ0) is 17.1. The van der Waals surface area contributed by atoms with Crippen LogP contribution in [0.15, 0.2) is 30.5 Å². The lowest BCUT2D eigenvalue weighted by atomic mass is 9.84. The summed E-state index contributed by atoms with van der Waals surface area (Å²) in [6.45, 7) is 4.41. The van der Waals surface area contributed by atoms with Gasteiger partial charge in [-0.2, -0.15) is 0 Å². The molecule has 0 spiro atoms. The number of hydrogen-bond donors (Lipinski definition) is 2. The Morgan fingerprint density at radius 3 is 2.67 bits per heavy atom. The van der Waals surface area contributed by atoms with Gasteiger partial charge in [0.2, 0.25) is 5.88 Å². The minimum atomic E-state index is -0.271. The zero-order valence-electron chi connectivity index (χ0n) is 13.8. The lowest BCUT2D eigenvalue weighted by Gasteiger charge is -2.33. The first kappa shape index (κ1) is 16.4. The fraction of sp³-hybridized carbons (Fsp3) is 0.389. The Labute approximate surface area is 140 Å². The molecule has 2 N–H and O–H groups in total. The van der Waals surface area contributed by atoms with E-state index < -0.39 is 0 Å². The molecule has 1 saturated carbocycles. The number of hydrogen-bond acceptors (Lipinski definition) is 4. The molecule has 1 heterocycles. The van der Waals surface area contributed by atoms with Gasteiger partial charge >= 0.3 is 0 Å². The molecule has 0 amide bonds. The average molecular weight is 328 g/mol. The number of aryl methyl sites for hydroxylation is 1. The highest BCUT2D eigenvalue weighted by Gasteiger charge is 2.29. The zero-order valence-corrected chi connectivity index (χ0v) is 13.8. The van der Waals surface area contributed by atoms with E-state index in [4.69, 9.17) is 10.1 Å². The normalized spacial score (nSPS) is 19.5. The van der Waals surface area contributed by atoms with E-state index in [1.54, 1.807) is 18.3 Å². The molecule has 0 saturated heterocycles. The van der Waals surface area contributed by atoms with Gasteiger partial charge in [0.25, 0.3) is 0 Å². The van der Waals surface area contributed by atoms with Crippen molar-refractivity contribution in [2.24, 2.45) is 5.92 Å². The van der Waals surface area contributed by atoms with Crippen LogP contribution in [0.2, 0.25) is 0 Å². The van der Waals surface area contributed by atoms with E-state index in [-0.39, 0.29) is 17.8 Å². The smallest absolute Gasteiger partial charge is 0.232 e. The summed E-state index contributed by atoms with van der Waals surface area (Å²) in [5.41, 5.74) is 2.04. The van der Waals surface area contributed by atoms with Crippen molar-refractivity contribution in [1.29, 1.82) is 5.41 Å². The van der Waals surface area contributed by atoms with Gasteiger partial charge in [0.1, 0.15) is 23.5 Å². The molecule has 1 aliphatic carbocycles. The van der Waals surface area contributed by atoms with Crippen molar-refractivity contribution in [1.82, 2.24) is 15.3 Å². The summed E-state index contributed by atoms with van der Waals surface area (Å²) in [6, 6.07) is 6.17. The minimum absolute atomic E-state index is 0.188. The molecule has 1 aliphatic rings. The molecule has 3 rings (SSSR count). The van der Waals surface area contributed by atoms with Gasteiger partial charge in [-0.25, -0.2) is 14.4 Å². The molecular weight excluding hydrogens is 307 g/mol. The van der Waals surface area contributed by atoms with E-state index >= 15 is 0 Å². The number of halogens is 1. The van der Waals surface area contributed by atoms with Crippen molar-refractivity contribution >= 4 is 5.84 Å². The fourth-order valence-electron chi connectivity index (χ4n) is 2.61. The lowest BCUT2D eigenvalue weighted by Crippen LogP contribution is -2.34. The number of amidine groups is 1. The highest BCUT2D eigenvalue weighted by Crippen LogP contribution is 2.30. The van der Waals surface area contributed by atoms with Crippen LogP contribution in [0.25, 0.3) is 0 Å². The maximum atomic E-state index is 12.9. The molecule has 24 heavy (non-hydrogen) atoms. The topological polar surface area (TPSA) is 70.9 Å². The molecule has 0 aliphatic heterocycles. The molecule has 1 aromatic heterocycles. The number of rotatable bonds is 5. The molecule has 6 heteroatoms. The SMILES string of the molecule is Cc1nc(OC2CCC2C)cnc1C(=N)NCc1ccc(F)cc1. The molecule has 2 aromatic rings. The standard InChI is InChI=1S/C18H21FN4O/c1-11-3-8-15(11)24-16-10-21-17(12(2)23-16)18(20)22-9-13-4-6-14(19)7-5-13/h4-7,10-11,15H,3,8-9H2,1-2H3,(H2,20,22). The van der Waals surface area contributed by atoms with Crippen LogP contribution in [-0.2, 0) is 6.54 Å². The predicted octanol–water partition coefficient (Wildman–Crippen LogP) is 3.22. The summed E-state index contributed by atoms with van der Waals surface area (Å²) in [4.78, 5) is 8.71. The number of ether oxygens (including phenoxy) is 1. The summed E-state index contributed by atoms with van der Waals surface area (Å²) in [5, 5.41) is 11.1. The van der Waals surface area contributed by atoms with E-state index in [1.165, 1.54) is 18.6 Å². The van der Waals surface area contributed by atoms with Crippen LogP contribution in [-0.4, -0.2) is 21.9 Å².